The van der Waals surface area contributed by atoms with Crippen LogP contribution in [0.5, 0.6) is 5.75 Å². The fourth-order valence-electron chi connectivity index (χ4n) is 3.00. The second kappa shape index (κ2) is 6.44. The molecule has 0 bridgehead atoms. The molecule has 1 fully saturated rings. The van der Waals surface area contributed by atoms with E-state index >= 15 is 0 Å². The Bertz CT molecular complexity index is 676. The summed E-state index contributed by atoms with van der Waals surface area (Å²) in [5.41, 5.74) is 2.04. The molecular formula is C18H23N3O2. The summed E-state index contributed by atoms with van der Waals surface area (Å²) in [6, 6.07) is 8.19. The standard InChI is InChI=1S/C18H23N3O2/c1-4-23-15-7-5-13(6-8-15)16-10-19-18(20-16)14-9-17(22)21(11-14)12(2)3/h5-8,10,12,14H,4,9,11H2,1-3H3,(H,19,20)/t14-/m0/s1. The van der Waals surface area contributed by atoms with E-state index in [1.54, 1.807) is 0 Å². The SMILES string of the molecule is CCOc1ccc(-c2cnc([C@H]3CC(=O)N(C(C)C)C3)[nH]2)cc1. The minimum Gasteiger partial charge on any atom is -0.494 e. The molecule has 3 rings (SSSR count). The van der Waals surface area contributed by atoms with Crippen LogP contribution in [-0.4, -0.2) is 40.0 Å². The van der Waals surface area contributed by atoms with Crippen molar-refractivity contribution in [2.45, 2.75) is 39.2 Å². The first kappa shape index (κ1) is 15.6. The van der Waals surface area contributed by atoms with Gasteiger partial charge in [-0.25, -0.2) is 4.98 Å². The van der Waals surface area contributed by atoms with Crippen LogP contribution >= 0.6 is 0 Å². The minimum absolute atomic E-state index is 0.154. The summed E-state index contributed by atoms with van der Waals surface area (Å²) in [6.45, 7) is 7.47. The summed E-state index contributed by atoms with van der Waals surface area (Å²) in [5, 5.41) is 0. The lowest BCUT2D eigenvalue weighted by molar-refractivity contribution is -0.129. The normalized spacial score (nSPS) is 18.0. The number of hydrogen-bond donors (Lipinski definition) is 1. The van der Waals surface area contributed by atoms with Gasteiger partial charge in [-0.2, -0.15) is 0 Å². The van der Waals surface area contributed by atoms with Crippen LogP contribution in [-0.2, 0) is 4.79 Å². The molecule has 0 spiro atoms. The van der Waals surface area contributed by atoms with Gasteiger partial charge >= 0.3 is 0 Å². The maximum atomic E-state index is 12.0. The maximum absolute atomic E-state index is 12.0. The quantitative estimate of drug-likeness (QED) is 0.922. The molecule has 1 N–H and O–H groups in total. The first-order valence-corrected chi connectivity index (χ1v) is 8.16. The summed E-state index contributed by atoms with van der Waals surface area (Å²) < 4.78 is 5.46. The first-order valence-electron chi connectivity index (χ1n) is 8.16. The number of imidazole rings is 1. The predicted molar refractivity (Wildman–Crippen MR) is 89.4 cm³/mol. The van der Waals surface area contributed by atoms with Gasteiger partial charge < -0.3 is 14.6 Å². The van der Waals surface area contributed by atoms with Gasteiger partial charge in [-0.3, -0.25) is 4.79 Å². The van der Waals surface area contributed by atoms with Crippen LogP contribution in [0.15, 0.2) is 30.5 Å². The molecule has 122 valence electrons. The summed E-state index contributed by atoms with van der Waals surface area (Å²) in [7, 11) is 0. The Kier molecular flexibility index (Phi) is 4.37. The number of ether oxygens (including phenoxy) is 1. The summed E-state index contributed by atoms with van der Waals surface area (Å²) >= 11 is 0. The molecule has 5 heteroatoms. The van der Waals surface area contributed by atoms with Crippen molar-refractivity contribution in [1.82, 2.24) is 14.9 Å². The second-order valence-corrected chi connectivity index (χ2v) is 6.18. The van der Waals surface area contributed by atoms with Crippen molar-refractivity contribution in [2.75, 3.05) is 13.2 Å². The number of aromatic amines is 1. The predicted octanol–water partition coefficient (Wildman–Crippen LogP) is 3.20. The van der Waals surface area contributed by atoms with Gasteiger partial charge in [-0.05, 0) is 50.6 Å². The van der Waals surface area contributed by atoms with Crippen LogP contribution in [0, 0.1) is 0 Å². The number of benzene rings is 1. The lowest BCUT2D eigenvalue weighted by Gasteiger charge is -2.20. The molecule has 1 aliphatic rings. The number of rotatable bonds is 5. The molecule has 1 amide bonds. The van der Waals surface area contributed by atoms with Crippen LogP contribution in [0.2, 0.25) is 0 Å². The molecule has 0 radical (unpaired) electrons. The van der Waals surface area contributed by atoms with Crippen LogP contribution in [0.25, 0.3) is 11.3 Å². The molecule has 2 heterocycles. The van der Waals surface area contributed by atoms with Gasteiger partial charge in [0, 0.05) is 24.9 Å². The topological polar surface area (TPSA) is 58.2 Å². The smallest absolute Gasteiger partial charge is 0.223 e. The number of nitrogens with one attached hydrogen (secondary N) is 1. The van der Waals surface area contributed by atoms with E-state index in [0.29, 0.717) is 13.0 Å². The summed E-state index contributed by atoms with van der Waals surface area (Å²) in [5.74, 6) is 2.13. The Hall–Kier alpha value is -2.30. The number of carbonyl (C=O) groups excluding carboxylic acids is 1. The van der Waals surface area contributed by atoms with E-state index in [4.69, 9.17) is 4.74 Å². The lowest BCUT2D eigenvalue weighted by Crippen LogP contribution is -2.31. The average molecular weight is 313 g/mol. The number of amides is 1. The molecule has 0 aliphatic carbocycles. The number of likely N-dealkylation sites (tertiary alicyclic amines) is 1. The highest BCUT2D eigenvalue weighted by Gasteiger charge is 2.33. The van der Waals surface area contributed by atoms with E-state index in [0.717, 1.165) is 29.4 Å². The molecule has 5 nitrogen and oxygen atoms in total. The van der Waals surface area contributed by atoms with Crippen LogP contribution in [0.4, 0.5) is 0 Å². The van der Waals surface area contributed by atoms with Gasteiger partial charge in [0.15, 0.2) is 0 Å². The molecule has 1 atom stereocenters. The minimum atomic E-state index is 0.154. The van der Waals surface area contributed by atoms with Crippen LogP contribution in [0.3, 0.4) is 0 Å². The van der Waals surface area contributed by atoms with E-state index in [-0.39, 0.29) is 17.9 Å². The number of H-pyrrole nitrogens is 1. The van der Waals surface area contributed by atoms with Crippen LogP contribution < -0.4 is 4.74 Å². The zero-order valence-electron chi connectivity index (χ0n) is 13.9. The molecule has 2 aromatic rings. The van der Waals surface area contributed by atoms with Crippen molar-refractivity contribution < 1.29 is 9.53 Å². The molecule has 1 aromatic heterocycles. The molecule has 0 unspecified atom stereocenters. The highest BCUT2D eigenvalue weighted by Crippen LogP contribution is 2.29. The Morgan fingerprint density at radius 1 is 1.35 bits per heavy atom. The third kappa shape index (κ3) is 3.23. The Morgan fingerprint density at radius 2 is 2.09 bits per heavy atom. The van der Waals surface area contributed by atoms with E-state index in [1.165, 1.54) is 0 Å². The second-order valence-electron chi connectivity index (χ2n) is 6.18. The largest absolute Gasteiger partial charge is 0.494 e. The monoisotopic (exact) mass is 313 g/mol. The average Bonchev–Trinajstić information content (AvgIpc) is 3.15. The first-order chi connectivity index (χ1) is 11.1. The summed E-state index contributed by atoms with van der Waals surface area (Å²) in [6.07, 6.45) is 2.38. The van der Waals surface area contributed by atoms with Crippen LogP contribution in [0.1, 0.15) is 38.9 Å². The fourth-order valence-corrected chi connectivity index (χ4v) is 3.00. The lowest BCUT2D eigenvalue weighted by atomic mass is 10.1. The highest BCUT2D eigenvalue weighted by molar-refractivity contribution is 5.79. The van der Waals surface area contributed by atoms with Crippen molar-refractivity contribution in [3.63, 3.8) is 0 Å². The van der Waals surface area contributed by atoms with Crippen molar-refractivity contribution in [1.29, 1.82) is 0 Å². The molecule has 0 saturated carbocycles. The molecule has 1 saturated heterocycles. The van der Waals surface area contributed by atoms with E-state index in [9.17, 15) is 4.79 Å². The van der Waals surface area contributed by atoms with Gasteiger partial charge in [0.2, 0.25) is 5.91 Å². The van der Waals surface area contributed by atoms with Gasteiger partial charge in [0.05, 0.1) is 18.5 Å². The van der Waals surface area contributed by atoms with Gasteiger partial charge in [-0.15, -0.1) is 0 Å². The maximum Gasteiger partial charge on any atom is 0.223 e. The Morgan fingerprint density at radius 3 is 2.70 bits per heavy atom. The van der Waals surface area contributed by atoms with Crippen molar-refractivity contribution in [3.8, 4) is 17.0 Å². The fraction of sp³-hybridized carbons (Fsp3) is 0.444. The Balaban J connectivity index is 1.74. The van der Waals surface area contributed by atoms with Crippen molar-refractivity contribution in [2.24, 2.45) is 0 Å². The Labute approximate surface area is 136 Å². The van der Waals surface area contributed by atoms with Crippen molar-refractivity contribution in [3.05, 3.63) is 36.3 Å². The van der Waals surface area contributed by atoms with E-state index in [1.807, 2.05) is 56.1 Å². The van der Waals surface area contributed by atoms with Crippen molar-refractivity contribution >= 4 is 5.91 Å². The van der Waals surface area contributed by atoms with E-state index < -0.39 is 0 Å². The highest BCUT2D eigenvalue weighted by atomic mass is 16.5. The van der Waals surface area contributed by atoms with Gasteiger partial charge in [-0.1, -0.05) is 0 Å². The number of nitrogens with zero attached hydrogens (tertiary/aromatic N) is 2. The zero-order chi connectivity index (χ0) is 16.4. The van der Waals surface area contributed by atoms with Gasteiger partial charge in [0.25, 0.3) is 0 Å². The number of hydrogen-bond acceptors (Lipinski definition) is 3. The zero-order valence-corrected chi connectivity index (χ0v) is 13.9. The summed E-state index contributed by atoms with van der Waals surface area (Å²) in [4.78, 5) is 21.8. The molecule has 23 heavy (non-hydrogen) atoms. The van der Waals surface area contributed by atoms with E-state index in [2.05, 4.69) is 9.97 Å². The molecule has 1 aliphatic heterocycles. The third-order valence-corrected chi connectivity index (χ3v) is 4.24. The number of aromatic nitrogens is 2. The molecular weight excluding hydrogens is 290 g/mol. The van der Waals surface area contributed by atoms with Gasteiger partial charge in [0.1, 0.15) is 11.6 Å². The third-order valence-electron chi connectivity index (χ3n) is 4.24. The number of carbonyl (C=O) groups is 1. The molecule has 1 aromatic carbocycles.